The molecule has 0 aliphatic heterocycles. The number of hydrogen-bond donors (Lipinski definition) is 1. The summed E-state index contributed by atoms with van der Waals surface area (Å²) < 4.78 is 25.0. The molecule has 1 N–H and O–H groups in total. The van der Waals surface area contributed by atoms with Crippen LogP contribution < -0.4 is 14.8 Å². The maximum Gasteiger partial charge on any atom is 0.169 e. The van der Waals surface area contributed by atoms with Gasteiger partial charge < -0.3 is 14.8 Å². The lowest BCUT2D eigenvalue weighted by Gasteiger charge is -2.14. The average molecular weight is 275 g/mol. The summed E-state index contributed by atoms with van der Waals surface area (Å²) in [5, 5.41) is 3.00. The second-order valence-electron chi connectivity index (χ2n) is 4.51. The predicted octanol–water partition coefficient (Wildman–Crippen LogP) is 3.65. The van der Waals surface area contributed by atoms with Crippen molar-refractivity contribution in [3.63, 3.8) is 0 Å². The molecule has 0 heterocycles. The fourth-order valence-electron chi connectivity index (χ4n) is 1.97. The van der Waals surface area contributed by atoms with Crippen molar-refractivity contribution in [3.8, 4) is 17.2 Å². The normalized spacial score (nSPS) is 10.4. The number of ether oxygens (including phenoxy) is 2. The maximum atomic E-state index is 14.0. The standard InChI is InChI=1S/C16H18FNO2/c1-11-7-8-14(15(9-11)19-3)20-16-12(10-18-2)5-4-6-13(16)17/h4-9,18H,10H2,1-3H3. The quantitative estimate of drug-likeness (QED) is 0.903. The largest absolute Gasteiger partial charge is 0.493 e. The number of benzene rings is 2. The average Bonchev–Trinajstić information content (AvgIpc) is 2.44. The molecule has 0 aliphatic carbocycles. The number of para-hydroxylation sites is 1. The molecule has 0 amide bonds. The van der Waals surface area contributed by atoms with Crippen molar-refractivity contribution in [2.24, 2.45) is 0 Å². The number of nitrogens with one attached hydrogen (secondary N) is 1. The minimum Gasteiger partial charge on any atom is -0.493 e. The summed E-state index contributed by atoms with van der Waals surface area (Å²) in [5.74, 6) is 0.925. The van der Waals surface area contributed by atoms with Crippen LogP contribution in [-0.4, -0.2) is 14.2 Å². The second kappa shape index (κ2) is 6.39. The van der Waals surface area contributed by atoms with E-state index in [1.54, 1.807) is 26.3 Å². The Morgan fingerprint density at radius 1 is 1.15 bits per heavy atom. The van der Waals surface area contributed by atoms with Crippen molar-refractivity contribution in [2.75, 3.05) is 14.2 Å². The van der Waals surface area contributed by atoms with Gasteiger partial charge >= 0.3 is 0 Å². The molecule has 0 bridgehead atoms. The van der Waals surface area contributed by atoms with E-state index < -0.39 is 0 Å². The van der Waals surface area contributed by atoms with Crippen LogP contribution in [0, 0.1) is 12.7 Å². The van der Waals surface area contributed by atoms with E-state index >= 15 is 0 Å². The highest BCUT2D eigenvalue weighted by atomic mass is 19.1. The third-order valence-electron chi connectivity index (χ3n) is 2.95. The molecule has 0 unspecified atom stereocenters. The van der Waals surface area contributed by atoms with E-state index in [-0.39, 0.29) is 11.6 Å². The first-order valence-electron chi connectivity index (χ1n) is 6.40. The van der Waals surface area contributed by atoms with Gasteiger partial charge in [0.15, 0.2) is 23.1 Å². The van der Waals surface area contributed by atoms with Gasteiger partial charge in [-0.15, -0.1) is 0 Å². The number of halogens is 1. The van der Waals surface area contributed by atoms with Gasteiger partial charge in [-0.05, 0) is 37.7 Å². The number of hydrogen-bond acceptors (Lipinski definition) is 3. The molecule has 0 aliphatic rings. The first kappa shape index (κ1) is 14.3. The summed E-state index contributed by atoms with van der Waals surface area (Å²) in [6, 6.07) is 10.4. The maximum absolute atomic E-state index is 14.0. The van der Waals surface area contributed by atoms with E-state index in [1.807, 2.05) is 25.1 Å². The van der Waals surface area contributed by atoms with E-state index in [0.717, 1.165) is 11.1 Å². The Balaban J connectivity index is 2.39. The van der Waals surface area contributed by atoms with Gasteiger partial charge in [0.1, 0.15) is 0 Å². The SMILES string of the molecule is CNCc1cccc(F)c1Oc1ccc(C)cc1OC. The van der Waals surface area contributed by atoms with Crippen molar-refractivity contribution in [1.29, 1.82) is 0 Å². The van der Waals surface area contributed by atoms with Crippen LogP contribution >= 0.6 is 0 Å². The highest BCUT2D eigenvalue weighted by molar-refractivity contribution is 5.47. The molecule has 0 spiro atoms. The fraction of sp³-hybridized carbons (Fsp3) is 0.250. The van der Waals surface area contributed by atoms with Gasteiger partial charge in [0.05, 0.1) is 7.11 Å². The number of aryl methyl sites for hydroxylation is 1. The van der Waals surface area contributed by atoms with Crippen LogP contribution in [0.4, 0.5) is 4.39 Å². The highest BCUT2D eigenvalue weighted by Gasteiger charge is 2.13. The predicted molar refractivity (Wildman–Crippen MR) is 77.0 cm³/mol. The molecule has 0 atom stereocenters. The van der Waals surface area contributed by atoms with E-state index in [4.69, 9.17) is 9.47 Å². The van der Waals surface area contributed by atoms with Crippen molar-refractivity contribution in [3.05, 3.63) is 53.3 Å². The Labute approximate surface area is 118 Å². The summed E-state index contributed by atoms with van der Waals surface area (Å²) in [4.78, 5) is 0. The molecule has 2 aromatic rings. The van der Waals surface area contributed by atoms with Crippen molar-refractivity contribution >= 4 is 0 Å². The molecular formula is C16H18FNO2. The van der Waals surface area contributed by atoms with Gasteiger partial charge in [0.2, 0.25) is 0 Å². The van der Waals surface area contributed by atoms with Gasteiger partial charge in [-0.3, -0.25) is 0 Å². The highest BCUT2D eigenvalue weighted by Crippen LogP contribution is 2.35. The number of rotatable bonds is 5. The molecule has 0 fully saturated rings. The third-order valence-corrected chi connectivity index (χ3v) is 2.95. The van der Waals surface area contributed by atoms with Crippen LogP contribution in [0.25, 0.3) is 0 Å². The molecule has 3 nitrogen and oxygen atoms in total. The van der Waals surface area contributed by atoms with E-state index in [1.165, 1.54) is 6.07 Å². The molecule has 106 valence electrons. The van der Waals surface area contributed by atoms with E-state index in [2.05, 4.69) is 5.32 Å². The fourth-order valence-corrected chi connectivity index (χ4v) is 1.97. The van der Waals surface area contributed by atoms with E-state index in [0.29, 0.717) is 18.0 Å². The van der Waals surface area contributed by atoms with Gasteiger partial charge in [-0.1, -0.05) is 18.2 Å². The van der Waals surface area contributed by atoms with Crippen LogP contribution in [0.2, 0.25) is 0 Å². The summed E-state index contributed by atoms with van der Waals surface area (Å²) in [6.07, 6.45) is 0. The van der Waals surface area contributed by atoms with Gasteiger partial charge in [0, 0.05) is 12.1 Å². The van der Waals surface area contributed by atoms with Crippen molar-refractivity contribution in [2.45, 2.75) is 13.5 Å². The van der Waals surface area contributed by atoms with Crippen LogP contribution in [0.3, 0.4) is 0 Å². The lowest BCUT2D eigenvalue weighted by molar-refractivity contribution is 0.368. The zero-order chi connectivity index (χ0) is 14.5. The molecule has 0 radical (unpaired) electrons. The Hall–Kier alpha value is -2.07. The monoisotopic (exact) mass is 275 g/mol. The van der Waals surface area contributed by atoms with Gasteiger partial charge in [-0.25, -0.2) is 4.39 Å². The molecule has 0 saturated heterocycles. The van der Waals surface area contributed by atoms with Crippen molar-refractivity contribution < 1.29 is 13.9 Å². The smallest absolute Gasteiger partial charge is 0.169 e. The molecule has 0 aromatic heterocycles. The Kier molecular flexibility index (Phi) is 4.58. The van der Waals surface area contributed by atoms with Crippen LogP contribution in [0.5, 0.6) is 17.2 Å². The molecule has 0 saturated carbocycles. The number of methoxy groups -OCH3 is 1. The van der Waals surface area contributed by atoms with Crippen LogP contribution in [0.1, 0.15) is 11.1 Å². The lowest BCUT2D eigenvalue weighted by Crippen LogP contribution is -2.07. The Morgan fingerprint density at radius 3 is 2.65 bits per heavy atom. The molecule has 2 aromatic carbocycles. The van der Waals surface area contributed by atoms with Gasteiger partial charge in [-0.2, -0.15) is 0 Å². The topological polar surface area (TPSA) is 30.5 Å². The molecule has 2 rings (SSSR count). The van der Waals surface area contributed by atoms with Crippen LogP contribution in [0.15, 0.2) is 36.4 Å². The molecule has 4 heteroatoms. The second-order valence-corrected chi connectivity index (χ2v) is 4.51. The Morgan fingerprint density at radius 2 is 1.95 bits per heavy atom. The minimum absolute atomic E-state index is 0.226. The Bertz CT molecular complexity index is 599. The van der Waals surface area contributed by atoms with Crippen LogP contribution in [-0.2, 0) is 6.54 Å². The molecule has 20 heavy (non-hydrogen) atoms. The van der Waals surface area contributed by atoms with E-state index in [9.17, 15) is 4.39 Å². The first-order chi connectivity index (χ1) is 9.65. The zero-order valence-electron chi connectivity index (χ0n) is 11.9. The summed E-state index contributed by atoms with van der Waals surface area (Å²) in [6.45, 7) is 2.49. The summed E-state index contributed by atoms with van der Waals surface area (Å²) >= 11 is 0. The van der Waals surface area contributed by atoms with Crippen molar-refractivity contribution in [1.82, 2.24) is 5.32 Å². The third kappa shape index (κ3) is 3.08. The minimum atomic E-state index is -0.389. The molecular weight excluding hydrogens is 257 g/mol. The summed E-state index contributed by atoms with van der Waals surface area (Å²) in [7, 11) is 3.37. The summed E-state index contributed by atoms with van der Waals surface area (Å²) in [5.41, 5.74) is 1.81. The van der Waals surface area contributed by atoms with Gasteiger partial charge in [0.25, 0.3) is 0 Å². The first-order valence-corrected chi connectivity index (χ1v) is 6.40. The lowest BCUT2D eigenvalue weighted by atomic mass is 10.2. The zero-order valence-corrected chi connectivity index (χ0v) is 11.9.